The number of nitrogens with one attached hydrogen (secondary N) is 2. The summed E-state index contributed by atoms with van der Waals surface area (Å²) in [4.78, 5) is 35.9. The molecule has 1 saturated heterocycles. The largest absolute Gasteiger partial charge is 0.329 e. The molecule has 1 unspecified atom stereocenters. The lowest BCUT2D eigenvalue weighted by atomic mass is 10.2. The maximum absolute atomic E-state index is 12.1. The summed E-state index contributed by atoms with van der Waals surface area (Å²) in [7, 11) is 0. The highest BCUT2D eigenvalue weighted by molar-refractivity contribution is 6.07. The summed E-state index contributed by atoms with van der Waals surface area (Å²) in [5, 5.41) is 13.8. The van der Waals surface area contributed by atoms with Crippen LogP contribution in [-0.2, 0) is 9.59 Å². The van der Waals surface area contributed by atoms with Gasteiger partial charge in [-0.15, -0.1) is 0 Å². The summed E-state index contributed by atoms with van der Waals surface area (Å²) in [5.41, 5.74) is 0.657. The maximum atomic E-state index is 12.1. The van der Waals surface area contributed by atoms with Crippen LogP contribution in [0.25, 0.3) is 0 Å². The second-order valence-corrected chi connectivity index (χ2v) is 4.25. The quantitative estimate of drug-likeness (QED) is 0.779. The van der Waals surface area contributed by atoms with Crippen LogP contribution >= 0.6 is 0 Å². The number of carbonyl (C=O) groups excluding carboxylic acids is 3. The van der Waals surface area contributed by atoms with Crippen LogP contribution in [0.4, 0.5) is 10.5 Å². The second-order valence-electron chi connectivity index (χ2n) is 4.25. The number of imide groups is 1. The third-order valence-corrected chi connectivity index (χ3v) is 2.95. The van der Waals surface area contributed by atoms with Crippen molar-refractivity contribution in [3.63, 3.8) is 0 Å². The highest BCUT2D eigenvalue weighted by Gasteiger charge is 2.36. The normalized spacial score (nSPS) is 15.5. The number of anilines is 1. The summed E-state index contributed by atoms with van der Waals surface area (Å²) < 4.78 is 0. The summed E-state index contributed by atoms with van der Waals surface area (Å²) >= 11 is 0. The Morgan fingerprint density at radius 2 is 2.15 bits per heavy atom. The molecule has 1 heterocycles. The third-order valence-electron chi connectivity index (χ3n) is 2.95. The molecule has 102 valence electrons. The minimum Gasteiger partial charge on any atom is -0.329 e. The van der Waals surface area contributed by atoms with Gasteiger partial charge in [-0.3, -0.25) is 14.5 Å². The van der Waals surface area contributed by atoms with Gasteiger partial charge in [0, 0.05) is 0 Å². The first-order valence-electron chi connectivity index (χ1n) is 5.94. The molecular weight excluding hydrogens is 260 g/mol. The highest BCUT2D eigenvalue weighted by atomic mass is 16.2. The van der Waals surface area contributed by atoms with E-state index in [1.54, 1.807) is 24.3 Å². The number of hydrogen-bond donors (Lipinski definition) is 2. The molecular formula is C13H12N4O3. The Morgan fingerprint density at radius 3 is 2.75 bits per heavy atom. The Balaban J connectivity index is 2.14. The van der Waals surface area contributed by atoms with Crippen molar-refractivity contribution >= 4 is 23.5 Å². The number of nitrogens with zero attached hydrogens (tertiary/aromatic N) is 2. The number of carbonyl (C=O) groups is 3. The first-order chi connectivity index (χ1) is 9.54. The first-order valence-corrected chi connectivity index (χ1v) is 5.94. The predicted octanol–water partition coefficient (Wildman–Crippen LogP) is 0.437. The molecule has 2 rings (SSSR count). The first kappa shape index (κ1) is 13.5. The molecule has 1 atom stereocenters. The van der Waals surface area contributed by atoms with Crippen molar-refractivity contribution in [3.05, 3.63) is 29.8 Å². The summed E-state index contributed by atoms with van der Waals surface area (Å²) in [5.74, 6) is -0.982. The Labute approximate surface area is 115 Å². The van der Waals surface area contributed by atoms with Crippen molar-refractivity contribution in [1.29, 1.82) is 5.26 Å². The number of para-hydroxylation sites is 1. The molecule has 0 spiro atoms. The van der Waals surface area contributed by atoms with Gasteiger partial charge in [0.1, 0.15) is 12.1 Å². The van der Waals surface area contributed by atoms with E-state index in [9.17, 15) is 14.4 Å². The van der Waals surface area contributed by atoms with Gasteiger partial charge in [0.15, 0.2) is 0 Å². The van der Waals surface area contributed by atoms with Gasteiger partial charge in [0.25, 0.3) is 5.91 Å². The molecule has 0 aromatic heterocycles. The average Bonchev–Trinajstić information content (AvgIpc) is 2.78. The molecule has 7 nitrogen and oxygen atoms in total. The van der Waals surface area contributed by atoms with Gasteiger partial charge in [0.2, 0.25) is 5.91 Å². The monoisotopic (exact) mass is 272 g/mol. The number of urea groups is 1. The van der Waals surface area contributed by atoms with Gasteiger partial charge in [-0.25, -0.2) is 4.79 Å². The molecule has 20 heavy (non-hydrogen) atoms. The Morgan fingerprint density at radius 1 is 1.45 bits per heavy atom. The van der Waals surface area contributed by atoms with E-state index in [0.717, 1.165) is 4.90 Å². The van der Waals surface area contributed by atoms with E-state index in [1.165, 1.54) is 6.92 Å². The molecule has 0 radical (unpaired) electrons. The molecule has 4 amide bonds. The predicted molar refractivity (Wildman–Crippen MR) is 69.5 cm³/mol. The standard InChI is InChI=1S/C13H12N4O3/c1-8(17-11(18)7-15-13(17)20)12(19)16-10-5-3-2-4-9(10)6-14/h2-5,8H,7H2,1H3,(H,15,20)(H,16,19). The third kappa shape index (κ3) is 2.44. The molecule has 0 saturated carbocycles. The van der Waals surface area contributed by atoms with Crippen molar-refractivity contribution in [2.75, 3.05) is 11.9 Å². The lowest BCUT2D eigenvalue weighted by molar-refractivity contribution is -0.131. The fourth-order valence-electron chi connectivity index (χ4n) is 1.87. The number of hydrogen-bond acceptors (Lipinski definition) is 4. The summed E-state index contributed by atoms with van der Waals surface area (Å²) in [6, 6.07) is 6.91. The van der Waals surface area contributed by atoms with E-state index in [0.29, 0.717) is 11.3 Å². The SMILES string of the molecule is CC(C(=O)Nc1ccccc1C#N)N1C(=O)CNC1=O. The minimum absolute atomic E-state index is 0.106. The highest BCUT2D eigenvalue weighted by Crippen LogP contribution is 2.15. The van der Waals surface area contributed by atoms with Crippen LogP contribution in [0.5, 0.6) is 0 Å². The van der Waals surface area contributed by atoms with Gasteiger partial charge < -0.3 is 10.6 Å². The molecule has 1 aromatic carbocycles. The van der Waals surface area contributed by atoms with Crippen molar-refractivity contribution < 1.29 is 14.4 Å². The van der Waals surface area contributed by atoms with Gasteiger partial charge in [-0.05, 0) is 19.1 Å². The van der Waals surface area contributed by atoms with Gasteiger partial charge in [0.05, 0.1) is 17.8 Å². The minimum atomic E-state index is -0.947. The van der Waals surface area contributed by atoms with Crippen molar-refractivity contribution in [3.8, 4) is 6.07 Å². The Hall–Kier alpha value is -2.88. The van der Waals surface area contributed by atoms with E-state index < -0.39 is 23.9 Å². The summed E-state index contributed by atoms with van der Waals surface area (Å²) in [6.45, 7) is 1.35. The van der Waals surface area contributed by atoms with Crippen LogP contribution in [0.1, 0.15) is 12.5 Å². The molecule has 0 aliphatic carbocycles. The van der Waals surface area contributed by atoms with Crippen molar-refractivity contribution in [1.82, 2.24) is 10.2 Å². The van der Waals surface area contributed by atoms with Crippen molar-refractivity contribution in [2.24, 2.45) is 0 Å². The lowest BCUT2D eigenvalue weighted by Crippen LogP contribution is -2.45. The van der Waals surface area contributed by atoms with E-state index in [-0.39, 0.29) is 6.54 Å². The second kappa shape index (κ2) is 5.40. The Bertz CT molecular complexity index is 604. The van der Waals surface area contributed by atoms with E-state index in [4.69, 9.17) is 5.26 Å². The summed E-state index contributed by atoms with van der Waals surface area (Å²) in [6.07, 6.45) is 0. The van der Waals surface area contributed by atoms with Gasteiger partial charge in [-0.2, -0.15) is 5.26 Å². The maximum Gasteiger partial charge on any atom is 0.325 e. The van der Waals surface area contributed by atoms with Crippen molar-refractivity contribution in [2.45, 2.75) is 13.0 Å². The van der Waals surface area contributed by atoms with E-state index in [2.05, 4.69) is 10.6 Å². The molecule has 1 aromatic rings. The van der Waals surface area contributed by atoms with Crippen LogP contribution < -0.4 is 10.6 Å². The van der Waals surface area contributed by atoms with Crippen LogP contribution in [0.2, 0.25) is 0 Å². The molecule has 1 aliphatic heterocycles. The molecule has 0 bridgehead atoms. The fraction of sp³-hybridized carbons (Fsp3) is 0.231. The zero-order chi connectivity index (χ0) is 14.7. The number of nitriles is 1. The van der Waals surface area contributed by atoms with Crippen LogP contribution in [0.15, 0.2) is 24.3 Å². The molecule has 7 heteroatoms. The average molecular weight is 272 g/mol. The molecule has 2 N–H and O–H groups in total. The van der Waals surface area contributed by atoms with Gasteiger partial charge in [-0.1, -0.05) is 12.1 Å². The van der Waals surface area contributed by atoms with Crippen LogP contribution in [0, 0.1) is 11.3 Å². The number of rotatable bonds is 3. The van der Waals surface area contributed by atoms with Crippen LogP contribution in [-0.4, -0.2) is 35.3 Å². The molecule has 1 fully saturated rings. The molecule has 1 aliphatic rings. The van der Waals surface area contributed by atoms with Crippen LogP contribution in [0.3, 0.4) is 0 Å². The fourth-order valence-corrected chi connectivity index (χ4v) is 1.87. The lowest BCUT2D eigenvalue weighted by Gasteiger charge is -2.20. The topological polar surface area (TPSA) is 102 Å². The Kier molecular flexibility index (Phi) is 3.66. The van der Waals surface area contributed by atoms with Gasteiger partial charge >= 0.3 is 6.03 Å². The number of amides is 4. The van der Waals surface area contributed by atoms with E-state index >= 15 is 0 Å². The number of benzene rings is 1. The van der Waals surface area contributed by atoms with E-state index in [1.807, 2.05) is 6.07 Å². The zero-order valence-corrected chi connectivity index (χ0v) is 10.7. The zero-order valence-electron chi connectivity index (χ0n) is 10.7. The smallest absolute Gasteiger partial charge is 0.325 e.